The molecule has 2 rings (SSSR count). The molecule has 0 saturated carbocycles. The third kappa shape index (κ3) is 3.65. The molecule has 2 N–H and O–H groups in total. The maximum absolute atomic E-state index is 9.58. The summed E-state index contributed by atoms with van der Waals surface area (Å²) in [6.45, 7) is 5.73. The first-order valence-corrected chi connectivity index (χ1v) is 7.39. The van der Waals surface area contributed by atoms with Crippen LogP contribution in [-0.4, -0.2) is 38.5 Å². The Hall–Kier alpha value is -1.79. The Morgan fingerprint density at radius 2 is 1.90 bits per heavy atom. The number of aromatic nitrogens is 4. The summed E-state index contributed by atoms with van der Waals surface area (Å²) in [6, 6.07) is 9.81. The molecule has 0 atom stereocenters. The first-order valence-electron chi connectivity index (χ1n) is 7.39. The van der Waals surface area contributed by atoms with Crippen LogP contribution in [0, 0.1) is 5.41 Å². The number of rotatable bonds is 8. The quantitative estimate of drug-likeness (QED) is 0.771. The van der Waals surface area contributed by atoms with Crippen molar-refractivity contribution in [1.82, 2.24) is 25.5 Å². The SMILES string of the molecule is CCC(CC)(CO)CNCc1nnnn1-c1ccccc1. The van der Waals surface area contributed by atoms with Gasteiger partial charge in [0, 0.05) is 18.6 Å². The molecule has 1 heterocycles. The molecule has 1 aromatic carbocycles. The molecule has 0 bridgehead atoms. The van der Waals surface area contributed by atoms with E-state index in [4.69, 9.17) is 0 Å². The standard InChI is InChI=1S/C15H23N5O/c1-3-15(4-2,12-21)11-16-10-14-17-18-19-20(14)13-8-6-5-7-9-13/h5-9,16,21H,3-4,10-12H2,1-2H3. The maximum atomic E-state index is 9.58. The predicted octanol–water partition coefficient (Wildman–Crippen LogP) is 1.55. The van der Waals surface area contributed by atoms with Crippen molar-refractivity contribution in [1.29, 1.82) is 0 Å². The van der Waals surface area contributed by atoms with E-state index in [1.54, 1.807) is 4.68 Å². The lowest BCUT2D eigenvalue weighted by molar-refractivity contribution is 0.112. The molecule has 0 spiro atoms. The highest BCUT2D eigenvalue weighted by molar-refractivity contribution is 5.30. The van der Waals surface area contributed by atoms with Crippen LogP contribution in [0.2, 0.25) is 0 Å². The van der Waals surface area contributed by atoms with E-state index in [2.05, 4.69) is 34.7 Å². The molecule has 0 aliphatic heterocycles. The van der Waals surface area contributed by atoms with Gasteiger partial charge < -0.3 is 10.4 Å². The third-order valence-electron chi connectivity index (χ3n) is 4.15. The summed E-state index contributed by atoms with van der Waals surface area (Å²) in [7, 11) is 0. The number of aliphatic hydroxyl groups is 1. The van der Waals surface area contributed by atoms with Gasteiger partial charge in [0.15, 0.2) is 5.82 Å². The van der Waals surface area contributed by atoms with E-state index in [9.17, 15) is 5.11 Å². The van der Waals surface area contributed by atoms with E-state index in [0.717, 1.165) is 30.9 Å². The zero-order chi connectivity index (χ0) is 15.1. The van der Waals surface area contributed by atoms with Crippen molar-refractivity contribution in [2.45, 2.75) is 33.2 Å². The zero-order valence-electron chi connectivity index (χ0n) is 12.7. The number of hydrogen-bond donors (Lipinski definition) is 2. The van der Waals surface area contributed by atoms with Gasteiger partial charge in [-0.3, -0.25) is 0 Å². The molecule has 1 aromatic heterocycles. The molecule has 0 amide bonds. The molecule has 0 fully saturated rings. The number of para-hydroxylation sites is 1. The molecule has 6 heteroatoms. The van der Waals surface area contributed by atoms with Crippen LogP contribution >= 0.6 is 0 Å². The second-order valence-electron chi connectivity index (χ2n) is 5.31. The number of hydrogen-bond acceptors (Lipinski definition) is 5. The normalized spacial score (nSPS) is 11.8. The van der Waals surface area contributed by atoms with Gasteiger partial charge in [-0.25, -0.2) is 0 Å². The third-order valence-corrected chi connectivity index (χ3v) is 4.15. The minimum absolute atomic E-state index is 0.0645. The fourth-order valence-corrected chi connectivity index (χ4v) is 2.30. The summed E-state index contributed by atoms with van der Waals surface area (Å²) in [6.07, 6.45) is 1.88. The van der Waals surface area contributed by atoms with Gasteiger partial charge in [0.25, 0.3) is 0 Å². The average Bonchev–Trinajstić information content (AvgIpc) is 3.01. The monoisotopic (exact) mass is 289 g/mol. The number of tetrazole rings is 1. The minimum atomic E-state index is -0.0645. The highest BCUT2D eigenvalue weighted by Crippen LogP contribution is 2.24. The molecule has 114 valence electrons. The smallest absolute Gasteiger partial charge is 0.170 e. The molecule has 21 heavy (non-hydrogen) atoms. The first kappa shape index (κ1) is 15.6. The molecular formula is C15H23N5O. The molecule has 2 aromatic rings. The Labute approximate surface area is 125 Å². The van der Waals surface area contributed by atoms with Crippen molar-refractivity contribution in [2.75, 3.05) is 13.2 Å². The van der Waals surface area contributed by atoms with E-state index >= 15 is 0 Å². The van der Waals surface area contributed by atoms with Crippen molar-refractivity contribution in [2.24, 2.45) is 5.41 Å². The van der Waals surface area contributed by atoms with Crippen molar-refractivity contribution in [3.8, 4) is 5.69 Å². The van der Waals surface area contributed by atoms with Crippen LogP contribution in [0.3, 0.4) is 0 Å². The fraction of sp³-hybridized carbons (Fsp3) is 0.533. The van der Waals surface area contributed by atoms with Crippen molar-refractivity contribution in [3.63, 3.8) is 0 Å². The van der Waals surface area contributed by atoms with Gasteiger partial charge in [0.05, 0.1) is 12.2 Å². The van der Waals surface area contributed by atoms with Gasteiger partial charge in [-0.15, -0.1) is 5.10 Å². The molecular weight excluding hydrogens is 266 g/mol. The molecule has 0 unspecified atom stereocenters. The molecule has 0 radical (unpaired) electrons. The van der Waals surface area contributed by atoms with Crippen molar-refractivity contribution in [3.05, 3.63) is 36.2 Å². The number of nitrogens with zero attached hydrogens (tertiary/aromatic N) is 4. The number of nitrogens with one attached hydrogen (secondary N) is 1. The predicted molar refractivity (Wildman–Crippen MR) is 81.0 cm³/mol. The van der Waals surface area contributed by atoms with Crippen LogP contribution in [0.1, 0.15) is 32.5 Å². The highest BCUT2D eigenvalue weighted by Gasteiger charge is 2.24. The van der Waals surface area contributed by atoms with Crippen LogP contribution in [0.25, 0.3) is 5.69 Å². The van der Waals surface area contributed by atoms with Gasteiger partial charge in [-0.05, 0) is 35.4 Å². The number of aliphatic hydroxyl groups excluding tert-OH is 1. The second-order valence-corrected chi connectivity index (χ2v) is 5.31. The van der Waals surface area contributed by atoms with E-state index in [0.29, 0.717) is 6.54 Å². The minimum Gasteiger partial charge on any atom is -0.396 e. The Morgan fingerprint density at radius 3 is 2.52 bits per heavy atom. The largest absolute Gasteiger partial charge is 0.396 e. The lowest BCUT2D eigenvalue weighted by atomic mass is 9.83. The van der Waals surface area contributed by atoms with E-state index in [1.165, 1.54) is 0 Å². The summed E-state index contributed by atoms with van der Waals surface area (Å²) in [5.74, 6) is 0.764. The highest BCUT2D eigenvalue weighted by atomic mass is 16.3. The van der Waals surface area contributed by atoms with Crippen LogP contribution in [-0.2, 0) is 6.54 Å². The van der Waals surface area contributed by atoms with Crippen LogP contribution in [0.15, 0.2) is 30.3 Å². The number of benzene rings is 1. The van der Waals surface area contributed by atoms with E-state index < -0.39 is 0 Å². The first-order chi connectivity index (χ1) is 10.2. The van der Waals surface area contributed by atoms with Crippen molar-refractivity contribution >= 4 is 0 Å². The Morgan fingerprint density at radius 1 is 1.19 bits per heavy atom. The molecule has 0 saturated heterocycles. The summed E-state index contributed by atoms with van der Waals surface area (Å²) < 4.78 is 1.73. The van der Waals surface area contributed by atoms with Crippen LogP contribution < -0.4 is 5.32 Å². The summed E-state index contributed by atoms with van der Waals surface area (Å²) in [4.78, 5) is 0. The second kappa shape index (κ2) is 7.28. The van der Waals surface area contributed by atoms with Crippen molar-refractivity contribution < 1.29 is 5.11 Å². The summed E-state index contributed by atoms with van der Waals surface area (Å²) in [5, 5.41) is 24.8. The van der Waals surface area contributed by atoms with Crippen LogP contribution in [0.5, 0.6) is 0 Å². The van der Waals surface area contributed by atoms with E-state index in [-0.39, 0.29) is 12.0 Å². The van der Waals surface area contributed by atoms with Gasteiger partial charge in [0.2, 0.25) is 0 Å². The summed E-state index contributed by atoms with van der Waals surface area (Å²) in [5.41, 5.74) is 0.879. The Balaban J connectivity index is 2.01. The lowest BCUT2D eigenvalue weighted by Crippen LogP contribution is -2.36. The van der Waals surface area contributed by atoms with Gasteiger partial charge in [-0.1, -0.05) is 32.0 Å². The van der Waals surface area contributed by atoms with E-state index in [1.807, 2.05) is 30.3 Å². The Kier molecular flexibility index (Phi) is 5.41. The van der Waals surface area contributed by atoms with Gasteiger partial charge in [-0.2, -0.15) is 4.68 Å². The topological polar surface area (TPSA) is 75.9 Å². The molecule has 6 nitrogen and oxygen atoms in total. The lowest BCUT2D eigenvalue weighted by Gasteiger charge is -2.29. The average molecular weight is 289 g/mol. The molecule has 0 aliphatic rings. The Bertz CT molecular complexity index is 528. The summed E-state index contributed by atoms with van der Waals surface area (Å²) >= 11 is 0. The maximum Gasteiger partial charge on any atom is 0.170 e. The fourth-order valence-electron chi connectivity index (χ4n) is 2.30. The van der Waals surface area contributed by atoms with Gasteiger partial charge in [0.1, 0.15) is 0 Å². The zero-order valence-corrected chi connectivity index (χ0v) is 12.7. The van der Waals surface area contributed by atoms with Gasteiger partial charge >= 0.3 is 0 Å². The molecule has 0 aliphatic carbocycles. The van der Waals surface area contributed by atoms with Crippen LogP contribution in [0.4, 0.5) is 0 Å².